The van der Waals surface area contributed by atoms with Crippen LogP contribution in [0.4, 0.5) is 17.1 Å². The van der Waals surface area contributed by atoms with E-state index < -0.39 is 0 Å². The lowest BCUT2D eigenvalue weighted by atomic mass is 9.98. The number of hydrogen-bond donors (Lipinski definition) is 0. The first-order chi connectivity index (χ1) is 26.7. The fourth-order valence-corrected chi connectivity index (χ4v) is 10.9. The molecule has 0 saturated heterocycles. The molecule has 9 aromatic carbocycles. The van der Waals surface area contributed by atoms with Gasteiger partial charge in [-0.25, -0.2) is 0 Å². The lowest BCUT2D eigenvalue weighted by molar-refractivity contribution is 0.669. The Balaban J connectivity index is 1.09. The van der Waals surface area contributed by atoms with E-state index in [2.05, 4.69) is 169 Å². The quantitative estimate of drug-likeness (QED) is 0.180. The van der Waals surface area contributed by atoms with Gasteiger partial charge in [0.1, 0.15) is 11.2 Å². The average Bonchev–Trinajstić information content (AvgIpc) is 3.91. The second-order valence-corrected chi connectivity index (χ2v) is 16.2. The van der Waals surface area contributed by atoms with E-state index in [9.17, 15) is 0 Å². The van der Waals surface area contributed by atoms with Crippen LogP contribution in [-0.2, 0) is 0 Å². The van der Waals surface area contributed by atoms with Gasteiger partial charge < -0.3 is 9.32 Å². The van der Waals surface area contributed by atoms with Gasteiger partial charge in [-0.05, 0) is 94.0 Å². The van der Waals surface area contributed by atoms with Crippen molar-refractivity contribution in [3.8, 4) is 11.1 Å². The molecule has 3 aromatic heterocycles. The van der Waals surface area contributed by atoms with Crippen LogP contribution in [-0.4, -0.2) is 0 Å². The van der Waals surface area contributed by atoms with Gasteiger partial charge in [0.25, 0.3) is 0 Å². The first kappa shape index (κ1) is 30.0. The monoisotopic (exact) mass is 723 g/mol. The summed E-state index contributed by atoms with van der Waals surface area (Å²) in [7, 11) is 0. The van der Waals surface area contributed by atoms with Crippen molar-refractivity contribution in [3.63, 3.8) is 0 Å². The van der Waals surface area contributed by atoms with Crippen LogP contribution in [0.2, 0.25) is 0 Å². The Morgan fingerprint density at radius 1 is 0.370 bits per heavy atom. The summed E-state index contributed by atoms with van der Waals surface area (Å²) in [5, 5.41) is 12.5. The molecule has 4 heteroatoms. The highest BCUT2D eigenvalue weighted by atomic mass is 32.1. The number of para-hydroxylation sites is 1. The number of thiophene rings is 2. The van der Waals surface area contributed by atoms with Gasteiger partial charge >= 0.3 is 0 Å². The molecule has 0 radical (unpaired) electrons. The molecule has 12 aromatic rings. The molecule has 2 nitrogen and oxygen atoms in total. The summed E-state index contributed by atoms with van der Waals surface area (Å²) < 4.78 is 11.5. The lowest BCUT2D eigenvalue weighted by Crippen LogP contribution is -2.10. The van der Waals surface area contributed by atoms with Crippen molar-refractivity contribution in [2.75, 3.05) is 4.90 Å². The van der Waals surface area contributed by atoms with Crippen LogP contribution in [0, 0.1) is 0 Å². The summed E-state index contributed by atoms with van der Waals surface area (Å²) >= 11 is 3.73. The molecule has 3 heterocycles. The Labute approximate surface area is 318 Å². The Kier molecular flexibility index (Phi) is 6.41. The average molecular weight is 724 g/mol. The van der Waals surface area contributed by atoms with E-state index >= 15 is 0 Å². The molecule has 54 heavy (non-hydrogen) atoms. The van der Waals surface area contributed by atoms with Crippen molar-refractivity contribution in [2.24, 2.45) is 0 Å². The normalized spacial score (nSPS) is 12.1. The molecule has 0 saturated carbocycles. The van der Waals surface area contributed by atoms with Gasteiger partial charge in [0.2, 0.25) is 0 Å². The van der Waals surface area contributed by atoms with Crippen molar-refractivity contribution in [1.82, 2.24) is 0 Å². The molecular formula is C50H29NOS2. The van der Waals surface area contributed by atoms with Crippen molar-refractivity contribution >= 4 is 124 Å². The smallest absolute Gasteiger partial charge is 0.136 e. The molecule has 0 spiro atoms. The minimum Gasteiger partial charge on any atom is -0.456 e. The maximum absolute atomic E-state index is 6.35. The van der Waals surface area contributed by atoms with E-state index in [0.717, 1.165) is 44.6 Å². The SMILES string of the molecule is c1ccc2c(N(c3ccc4c(c3)sc3ccc5ccccc5c34)c3ccc4sc5cccc(-c6ccc7c(c6)oc6ccccc67)c5c4c3)cccc2c1. The fraction of sp³-hybridized carbons (Fsp3) is 0. The van der Waals surface area contributed by atoms with Gasteiger partial charge in [0.05, 0.1) is 5.69 Å². The maximum Gasteiger partial charge on any atom is 0.136 e. The van der Waals surface area contributed by atoms with E-state index in [-0.39, 0.29) is 0 Å². The molecule has 0 aliphatic carbocycles. The van der Waals surface area contributed by atoms with Crippen molar-refractivity contribution < 1.29 is 4.42 Å². The van der Waals surface area contributed by atoms with Crippen LogP contribution < -0.4 is 4.90 Å². The number of fused-ring (bicyclic) bond motifs is 12. The maximum atomic E-state index is 6.35. The molecule has 0 amide bonds. The molecule has 0 aliphatic rings. The zero-order valence-corrected chi connectivity index (χ0v) is 30.5. The van der Waals surface area contributed by atoms with Crippen LogP contribution in [0.1, 0.15) is 0 Å². The number of benzene rings is 9. The summed E-state index contributed by atoms with van der Waals surface area (Å²) in [4.78, 5) is 2.45. The van der Waals surface area contributed by atoms with Gasteiger partial charge in [-0.2, -0.15) is 0 Å². The third kappa shape index (κ3) is 4.45. The zero-order chi connectivity index (χ0) is 35.3. The Bertz CT molecular complexity index is 3470. The number of hydrogen-bond acceptors (Lipinski definition) is 4. The standard InChI is InChI=1S/C50H29NOS2/c1-3-12-35-30(9-1)11-7-16-42(35)51(34-21-24-40-48(29-34)54-47-25-20-31-10-2-4-13-36(31)49(40)47)33-22-26-45-41(28-33)50-37(15-8-18-46(50)53-45)32-19-23-39-38-14-5-6-17-43(38)52-44(39)27-32/h1-29H. The highest BCUT2D eigenvalue weighted by molar-refractivity contribution is 7.26. The molecule has 0 aliphatic heterocycles. The first-order valence-electron chi connectivity index (χ1n) is 18.2. The van der Waals surface area contributed by atoms with E-state index in [0.29, 0.717) is 0 Å². The molecular weight excluding hydrogens is 695 g/mol. The summed E-state index contributed by atoms with van der Waals surface area (Å²) in [5.41, 5.74) is 7.64. The Morgan fingerprint density at radius 2 is 1.04 bits per heavy atom. The predicted octanol–water partition coefficient (Wildman–Crippen LogP) is 15.8. The highest BCUT2D eigenvalue weighted by Crippen LogP contribution is 2.47. The van der Waals surface area contributed by atoms with Gasteiger partial charge in [-0.15, -0.1) is 22.7 Å². The van der Waals surface area contributed by atoms with Gasteiger partial charge in [0.15, 0.2) is 0 Å². The van der Waals surface area contributed by atoms with Gasteiger partial charge in [-0.1, -0.05) is 109 Å². The van der Waals surface area contributed by atoms with Crippen molar-refractivity contribution in [1.29, 1.82) is 0 Å². The van der Waals surface area contributed by atoms with Crippen LogP contribution in [0.5, 0.6) is 0 Å². The molecule has 0 unspecified atom stereocenters. The first-order valence-corrected chi connectivity index (χ1v) is 19.9. The summed E-state index contributed by atoms with van der Waals surface area (Å²) in [6.07, 6.45) is 0. The molecule has 0 atom stereocenters. The van der Waals surface area contributed by atoms with E-state index in [4.69, 9.17) is 4.42 Å². The van der Waals surface area contributed by atoms with Crippen molar-refractivity contribution in [2.45, 2.75) is 0 Å². The molecule has 252 valence electrons. The third-order valence-corrected chi connectivity index (χ3v) is 13.3. The number of rotatable bonds is 4. The molecule has 12 rings (SSSR count). The molecule has 0 fully saturated rings. The minimum atomic E-state index is 0.915. The second kappa shape index (κ2) is 11.5. The summed E-state index contributed by atoms with van der Waals surface area (Å²) in [6.45, 7) is 0. The van der Waals surface area contributed by atoms with E-state index in [1.807, 2.05) is 34.8 Å². The second-order valence-electron chi connectivity index (χ2n) is 14.0. The minimum absolute atomic E-state index is 0.915. The van der Waals surface area contributed by atoms with E-state index in [1.165, 1.54) is 67.5 Å². The third-order valence-electron chi connectivity index (χ3n) is 11.0. The molecule has 0 N–H and O–H groups in total. The highest BCUT2D eigenvalue weighted by Gasteiger charge is 2.20. The van der Waals surface area contributed by atoms with Crippen molar-refractivity contribution in [3.05, 3.63) is 176 Å². The van der Waals surface area contributed by atoms with E-state index in [1.54, 1.807) is 0 Å². The number of anilines is 3. The van der Waals surface area contributed by atoms with Crippen LogP contribution >= 0.6 is 22.7 Å². The largest absolute Gasteiger partial charge is 0.456 e. The Hall–Kier alpha value is -6.46. The summed E-state index contributed by atoms with van der Waals surface area (Å²) in [5.74, 6) is 0. The van der Waals surface area contributed by atoms with Crippen LogP contribution in [0.3, 0.4) is 0 Å². The lowest BCUT2D eigenvalue weighted by Gasteiger charge is -2.27. The van der Waals surface area contributed by atoms with Crippen LogP contribution in [0.15, 0.2) is 180 Å². The predicted molar refractivity (Wildman–Crippen MR) is 235 cm³/mol. The number of furan rings is 1. The molecule has 0 bridgehead atoms. The zero-order valence-electron chi connectivity index (χ0n) is 28.9. The topological polar surface area (TPSA) is 16.4 Å². The number of nitrogens with zero attached hydrogens (tertiary/aromatic N) is 1. The van der Waals surface area contributed by atoms with Crippen LogP contribution in [0.25, 0.3) is 95.0 Å². The van der Waals surface area contributed by atoms with Gasteiger partial charge in [0, 0.05) is 67.9 Å². The summed E-state index contributed by atoms with van der Waals surface area (Å²) in [6, 6.07) is 64.3. The fourth-order valence-electron chi connectivity index (χ4n) is 8.59. The Morgan fingerprint density at radius 3 is 1.96 bits per heavy atom. The van der Waals surface area contributed by atoms with Gasteiger partial charge in [-0.3, -0.25) is 0 Å².